The van der Waals surface area contributed by atoms with E-state index in [2.05, 4.69) is 12.2 Å². The smallest absolute Gasteiger partial charge is 0.226 e. The van der Waals surface area contributed by atoms with Crippen molar-refractivity contribution in [1.29, 1.82) is 0 Å². The minimum absolute atomic E-state index is 0.170. The zero-order chi connectivity index (χ0) is 8.53. The summed E-state index contributed by atoms with van der Waals surface area (Å²) in [5.74, 6) is -0.170. The highest BCUT2D eigenvalue weighted by Crippen LogP contribution is 2.01. The van der Waals surface area contributed by atoms with Crippen LogP contribution in [-0.4, -0.2) is 12.3 Å². The van der Waals surface area contributed by atoms with Crippen molar-refractivity contribution in [1.82, 2.24) is 5.32 Å². The summed E-state index contributed by atoms with van der Waals surface area (Å²) in [5, 5.41) is 2.10. The molecule has 0 fully saturated rings. The molecule has 11 heavy (non-hydrogen) atoms. The lowest BCUT2D eigenvalue weighted by Crippen LogP contribution is -2.20. The summed E-state index contributed by atoms with van der Waals surface area (Å²) in [6.07, 6.45) is 5.18. The summed E-state index contributed by atoms with van der Waals surface area (Å²) in [7, 11) is 0. The fraction of sp³-hybridized carbons (Fsp3) is 0.750. The minimum Gasteiger partial charge on any atom is -0.299 e. The van der Waals surface area contributed by atoms with Gasteiger partial charge in [0.1, 0.15) is 0 Å². The Morgan fingerprint density at radius 2 is 2.09 bits per heavy atom. The molecule has 0 aliphatic carbocycles. The monoisotopic (exact) mass is 157 g/mol. The molecule has 0 aromatic rings. The van der Waals surface area contributed by atoms with E-state index < -0.39 is 0 Å². The molecule has 0 aliphatic heterocycles. The van der Waals surface area contributed by atoms with Gasteiger partial charge in [-0.3, -0.25) is 14.9 Å². The van der Waals surface area contributed by atoms with Gasteiger partial charge < -0.3 is 0 Å². The largest absolute Gasteiger partial charge is 0.299 e. The molecular weight excluding hydrogens is 142 g/mol. The van der Waals surface area contributed by atoms with Crippen molar-refractivity contribution in [2.24, 2.45) is 0 Å². The van der Waals surface area contributed by atoms with E-state index >= 15 is 0 Å². The van der Waals surface area contributed by atoms with Gasteiger partial charge in [-0.25, -0.2) is 0 Å². The Morgan fingerprint density at radius 1 is 1.36 bits per heavy atom. The van der Waals surface area contributed by atoms with Gasteiger partial charge in [-0.2, -0.15) is 0 Å². The summed E-state index contributed by atoms with van der Waals surface area (Å²) in [4.78, 5) is 20.4. The highest BCUT2D eigenvalue weighted by atomic mass is 16.2. The van der Waals surface area contributed by atoms with Crippen molar-refractivity contribution in [3.63, 3.8) is 0 Å². The average molecular weight is 157 g/mol. The van der Waals surface area contributed by atoms with Gasteiger partial charge in [0.15, 0.2) is 0 Å². The molecule has 0 unspecified atom stereocenters. The molecule has 0 aromatic heterocycles. The summed E-state index contributed by atoms with van der Waals surface area (Å²) >= 11 is 0. The van der Waals surface area contributed by atoms with Crippen molar-refractivity contribution >= 4 is 12.3 Å². The van der Waals surface area contributed by atoms with Crippen LogP contribution in [0.2, 0.25) is 0 Å². The van der Waals surface area contributed by atoms with E-state index in [1.54, 1.807) is 0 Å². The van der Waals surface area contributed by atoms with Crippen molar-refractivity contribution < 1.29 is 9.59 Å². The highest BCUT2D eigenvalue weighted by molar-refractivity contribution is 5.85. The van der Waals surface area contributed by atoms with E-state index in [0.717, 1.165) is 25.7 Å². The number of amides is 2. The van der Waals surface area contributed by atoms with E-state index in [1.165, 1.54) is 0 Å². The third-order valence-electron chi connectivity index (χ3n) is 1.48. The van der Waals surface area contributed by atoms with Gasteiger partial charge in [-0.05, 0) is 6.42 Å². The molecule has 0 atom stereocenters. The van der Waals surface area contributed by atoms with Crippen LogP contribution in [0.5, 0.6) is 0 Å². The predicted molar refractivity (Wildman–Crippen MR) is 43.0 cm³/mol. The molecule has 0 aromatic carbocycles. The van der Waals surface area contributed by atoms with Crippen LogP contribution in [-0.2, 0) is 9.59 Å². The van der Waals surface area contributed by atoms with Crippen LogP contribution in [0.3, 0.4) is 0 Å². The molecule has 3 heteroatoms. The number of unbranched alkanes of at least 4 members (excludes halogenated alkanes) is 3. The number of hydrogen-bond acceptors (Lipinski definition) is 2. The molecule has 0 saturated heterocycles. The molecule has 0 saturated carbocycles. The van der Waals surface area contributed by atoms with Crippen LogP contribution < -0.4 is 5.32 Å². The molecule has 1 N–H and O–H groups in total. The molecule has 0 heterocycles. The lowest BCUT2D eigenvalue weighted by Gasteiger charge is -1.97. The number of carbonyl (C=O) groups is 2. The topological polar surface area (TPSA) is 46.2 Å². The normalized spacial score (nSPS) is 9.18. The molecular formula is C8H15NO2. The summed E-state index contributed by atoms with van der Waals surface area (Å²) < 4.78 is 0. The van der Waals surface area contributed by atoms with Crippen molar-refractivity contribution in [2.45, 2.75) is 39.0 Å². The van der Waals surface area contributed by atoms with Crippen LogP contribution in [0, 0.1) is 0 Å². The first-order valence-electron chi connectivity index (χ1n) is 4.04. The fourth-order valence-electron chi connectivity index (χ4n) is 0.850. The molecule has 2 amide bonds. The van der Waals surface area contributed by atoms with Gasteiger partial charge in [0.2, 0.25) is 12.3 Å². The van der Waals surface area contributed by atoms with Gasteiger partial charge in [0, 0.05) is 6.42 Å². The zero-order valence-electron chi connectivity index (χ0n) is 6.93. The minimum atomic E-state index is -0.170. The first-order chi connectivity index (χ1) is 5.31. The van der Waals surface area contributed by atoms with Crippen LogP contribution >= 0.6 is 0 Å². The second-order valence-electron chi connectivity index (χ2n) is 2.50. The molecule has 0 spiro atoms. The first kappa shape index (κ1) is 10.1. The van der Waals surface area contributed by atoms with Crippen LogP contribution in [0.1, 0.15) is 39.0 Å². The second kappa shape index (κ2) is 7.25. The number of carbonyl (C=O) groups excluding carboxylic acids is 2. The second-order valence-corrected chi connectivity index (χ2v) is 2.50. The van der Waals surface area contributed by atoms with Gasteiger partial charge in [-0.1, -0.05) is 26.2 Å². The Morgan fingerprint density at radius 3 is 2.64 bits per heavy atom. The average Bonchev–Trinajstić information content (AvgIpc) is 1.99. The maximum atomic E-state index is 10.7. The van der Waals surface area contributed by atoms with Crippen LogP contribution in [0.15, 0.2) is 0 Å². The molecule has 0 rings (SSSR count). The van der Waals surface area contributed by atoms with Gasteiger partial charge in [-0.15, -0.1) is 0 Å². The van der Waals surface area contributed by atoms with Gasteiger partial charge in [0.25, 0.3) is 0 Å². The SMILES string of the molecule is CCCCCCC(=O)NC=O. The molecule has 64 valence electrons. The Balaban J connectivity index is 3.10. The Bertz CT molecular complexity index is 123. The van der Waals surface area contributed by atoms with E-state index in [0.29, 0.717) is 12.8 Å². The summed E-state index contributed by atoms with van der Waals surface area (Å²) in [5.41, 5.74) is 0. The van der Waals surface area contributed by atoms with E-state index in [4.69, 9.17) is 0 Å². The summed E-state index contributed by atoms with van der Waals surface area (Å²) in [6, 6.07) is 0. The summed E-state index contributed by atoms with van der Waals surface area (Å²) in [6.45, 7) is 2.12. The van der Waals surface area contributed by atoms with Crippen molar-refractivity contribution in [3.05, 3.63) is 0 Å². The number of nitrogens with one attached hydrogen (secondary N) is 1. The Hall–Kier alpha value is -0.860. The lowest BCUT2D eigenvalue weighted by molar-refractivity contribution is -0.125. The lowest BCUT2D eigenvalue weighted by atomic mass is 10.1. The van der Waals surface area contributed by atoms with Crippen LogP contribution in [0.25, 0.3) is 0 Å². The van der Waals surface area contributed by atoms with E-state index in [1.807, 2.05) is 0 Å². The maximum Gasteiger partial charge on any atom is 0.226 e. The fourth-order valence-corrected chi connectivity index (χ4v) is 0.850. The molecule has 0 aliphatic rings. The van der Waals surface area contributed by atoms with Crippen LogP contribution in [0.4, 0.5) is 0 Å². The predicted octanol–water partition coefficient (Wildman–Crippen LogP) is 1.23. The quantitative estimate of drug-likeness (QED) is 0.465. The van der Waals surface area contributed by atoms with E-state index in [9.17, 15) is 9.59 Å². The van der Waals surface area contributed by atoms with Crippen molar-refractivity contribution in [3.8, 4) is 0 Å². The molecule has 0 radical (unpaired) electrons. The highest BCUT2D eigenvalue weighted by Gasteiger charge is 1.97. The third-order valence-corrected chi connectivity index (χ3v) is 1.48. The maximum absolute atomic E-state index is 10.7. The van der Waals surface area contributed by atoms with Gasteiger partial charge in [0.05, 0.1) is 0 Å². The zero-order valence-corrected chi connectivity index (χ0v) is 6.93. The number of rotatable bonds is 6. The van der Waals surface area contributed by atoms with E-state index in [-0.39, 0.29) is 5.91 Å². The van der Waals surface area contributed by atoms with Gasteiger partial charge >= 0.3 is 0 Å². The first-order valence-corrected chi connectivity index (χ1v) is 4.04. The Kier molecular flexibility index (Phi) is 6.68. The molecule has 0 bridgehead atoms. The Labute approximate surface area is 67.2 Å². The third kappa shape index (κ3) is 7.03. The standard InChI is InChI=1S/C8H15NO2/c1-2-3-4-5-6-8(11)9-7-10/h7H,2-6H2,1H3,(H,9,10,11). The van der Waals surface area contributed by atoms with Crippen molar-refractivity contribution in [2.75, 3.05) is 0 Å². The number of hydrogen-bond donors (Lipinski definition) is 1. The number of imide groups is 1. The molecule has 3 nitrogen and oxygen atoms in total.